The van der Waals surface area contributed by atoms with Gasteiger partial charge in [0.05, 0.1) is 6.54 Å². The van der Waals surface area contributed by atoms with Crippen LogP contribution in [0.3, 0.4) is 0 Å². The number of benzene rings is 1. The van der Waals surface area contributed by atoms with E-state index in [1.54, 1.807) is 0 Å². The van der Waals surface area contributed by atoms with Crippen molar-refractivity contribution >= 4 is 5.78 Å². The molecule has 0 bridgehead atoms. The van der Waals surface area contributed by atoms with Gasteiger partial charge in [0.1, 0.15) is 0 Å². The second kappa shape index (κ2) is 6.69. The molecule has 0 heterocycles. The van der Waals surface area contributed by atoms with Gasteiger partial charge in [0.2, 0.25) is 0 Å². The molecule has 1 aromatic carbocycles. The van der Waals surface area contributed by atoms with Crippen LogP contribution in [0.4, 0.5) is 0 Å². The van der Waals surface area contributed by atoms with Gasteiger partial charge in [-0.1, -0.05) is 43.2 Å². The lowest BCUT2D eigenvalue weighted by atomic mass is 10.1. The van der Waals surface area contributed by atoms with Crippen LogP contribution < -0.4 is 0 Å². The van der Waals surface area contributed by atoms with Crippen molar-refractivity contribution in [3.8, 4) is 0 Å². The summed E-state index contributed by atoms with van der Waals surface area (Å²) < 4.78 is 0. The van der Waals surface area contributed by atoms with Crippen LogP contribution in [0.2, 0.25) is 0 Å². The first-order valence-corrected chi connectivity index (χ1v) is 6.98. The minimum absolute atomic E-state index is 0.321. The molecule has 2 heteroatoms. The molecule has 18 heavy (non-hydrogen) atoms. The molecule has 0 atom stereocenters. The molecule has 0 amide bonds. The summed E-state index contributed by atoms with van der Waals surface area (Å²) in [4.78, 5) is 14.2. The van der Waals surface area contributed by atoms with E-state index < -0.39 is 0 Å². The molecule has 1 aromatic rings. The molecular formula is C16H23NO. The quantitative estimate of drug-likeness (QED) is 0.768. The molecule has 0 N–H and O–H groups in total. The number of rotatable bonds is 6. The van der Waals surface area contributed by atoms with Gasteiger partial charge in [-0.2, -0.15) is 0 Å². The van der Waals surface area contributed by atoms with E-state index in [4.69, 9.17) is 0 Å². The molecule has 0 saturated heterocycles. The second-order valence-electron chi connectivity index (χ2n) is 5.55. The summed E-state index contributed by atoms with van der Waals surface area (Å²) >= 11 is 0. The number of ketones is 1. The maximum Gasteiger partial charge on any atom is 0.151 e. The molecule has 1 saturated carbocycles. The number of likely N-dealkylation sites (N-methyl/N-ethyl adjacent to an activating group) is 1. The Morgan fingerprint density at radius 2 is 1.89 bits per heavy atom. The SMILES string of the molecule is CN(CC(=O)Cc1ccccc1)CC1CCCC1. The van der Waals surface area contributed by atoms with Crippen molar-refractivity contribution in [1.82, 2.24) is 4.90 Å². The summed E-state index contributed by atoms with van der Waals surface area (Å²) in [5.74, 6) is 1.14. The molecule has 1 aliphatic carbocycles. The summed E-state index contributed by atoms with van der Waals surface area (Å²) in [6, 6.07) is 10.0. The zero-order valence-corrected chi connectivity index (χ0v) is 11.3. The number of Topliss-reactive ketones (excluding diaryl/α,β-unsaturated/α-hetero) is 1. The molecule has 0 aliphatic heterocycles. The standard InChI is InChI=1S/C16H23NO/c1-17(12-15-9-5-6-10-15)13-16(18)11-14-7-3-2-4-8-14/h2-4,7-8,15H,5-6,9-13H2,1H3. The topological polar surface area (TPSA) is 20.3 Å². The van der Waals surface area contributed by atoms with Gasteiger partial charge in [0.25, 0.3) is 0 Å². The largest absolute Gasteiger partial charge is 0.299 e. The monoisotopic (exact) mass is 245 g/mol. The third kappa shape index (κ3) is 4.26. The average molecular weight is 245 g/mol. The Labute approximate surface area is 110 Å². The van der Waals surface area contributed by atoms with E-state index in [1.165, 1.54) is 25.7 Å². The lowest BCUT2D eigenvalue weighted by Crippen LogP contribution is -2.30. The normalized spacial score (nSPS) is 16.3. The van der Waals surface area contributed by atoms with E-state index in [0.717, 1.165) is 18.0 Å². The van der Waals surface area contributed by atoms with Crippen LogP contribution >= 0.6 is 0 Å². The van der Waals surface area contributed by atoms with Crippen molar-refractivity contribution in [1.29, 1.82) is 0 Å². The molecular weight excluding hydrogens is 222 g/mol. The van der Waals surface area contributed by atoms with Crippen LogP contribution in [0, 0.1) is 5.92 Å². The predicted molar refractivity (Wildman–Crippen MR) is 74.6 cm³/mol. The van der Waals surface area contributed by atoms with Crippen LogP contribution in [0.25, 0.3) is 0 Å². The molecule has 1 aliphatic rings. The molecule has 0 unspecified atom stereocenters. The fourth-order valence-corrected chi connectivity index (χ4v) is 2.88. The molecule has 0 spiro atoms. The van der Waals surface area contributed by atoms with E-state index in [1.807, 2.05) is 30.3 Å². The highest BCUT2D eigenvalue weighted by Gasteiger charge is 2.17. The van der Waals surface area contributed by atoms with Gasteiger partial charge in [-0.05, 0) is 31.4 Å². The smallest absolute Gasteiger partial charge is 0.151 e. The van der Waals surface area contributed by atoms with Crippen LogP contribution in [-0.4, -0.2) is 30.8 Å². The molecule has 0 aromatic heterocycles. The maximum atomic E-state index is 12.0. The first kappa shape index (κ1) is 13.3. The van der Waals surface area contributed by atoms with Crippen LogP contribution in [0.15, 0.2) is 30.3 Å². The number of hydrogen-bond acceptors (Lipinski definition) is 2. The van der Waals surface area contributed by atoms with Crippen LogP contribution in [0.5, 0.6) is 0 Å². The molecule has 0 radical (unpaired) electrons. The number of nitrogens with zero attached hydrogens (tertiary/aromatic N) is 1. The third-order valence-corrected chi connectivity index (χ3v) is 3.74. The maximum absolute atomic E-state index is 12.0. The van der Waals surface area contributed by atoms with E-state index in [9.17, 15) is 4.79 Å². The van der Waals surface area contributed by atoms with Crippen molar-refractivity contribution in [2.75, 3.05) is 20.1 Å². The van der Waals surface area contributed by atoms with E-state index >= 15 is 0 Å². The Morgan fingerprint density at radius 3 is 2.56 bits per heavy atom. The number of carbonyl (C=O) groups is 1. The van der Waals surface area contributed by atoms with Gasteiger partial charge >= 0.3 is 0 Å². The van der Waals surface area contributed by atoms with Crippen LogP contribution in [0.1, 0.15) is 31.2 Å². The van der Waals surface area contributed by atoms with Crippen molar-refractivity contribution in [2.24, 2.45) is 5.92 Å². The fraction of sp³-hybridized carbons (Fsp3) is 0.562. The Kier molecular flexibility index (Phi) is 4.94. The first-order chi connectivity index (χ1) is 8.74. The lowest BCUT2D eigenvalue weighted by molar-refractivity contribution is -0.119. The lowest BCUT2D eigenvalue weighted by Gasteiger charge is -2.19. The summed E-state index contributed by atoms with van der Waals surface area (Å²) in [5.41, 5.74) is 1.12. The van der Waals surface area contributed by atoms with Crippen molar-refractivity contribution in [3.05, 3.63) is 35.9 Å². The summed E-state index contributed by atoms with van der Waals surface area (Å²) in [5, 5.41) is 0. The number of hydrogen-bond donors (Lipinski definition) is 0. The summed E-state index contributed by atoms with van der Waals surface area (Å²) in [7, 11) is 2.07. The van der Waals surface area contributed by atoms with Gasteiger partial charge < -0.3 is 0 Å². The van der Waals surface area contributed by atoms with Gasteiger partial charge in [-0.25, -0.2) is 0 Å². The molecule has 2 rings (SSSR count). The van der Waals surface area contributed by atoms with Gasteiger partial charge in [-0.15, -0.1) is 0 Å². The minimum Gasteiger partial charge on any atom is -0.299 e. The van der Waals surface area contributed by atoms with Gasteiger partial charge in [-0.3, -0.25) is 9.69 Å². The average Bonchev–Trinajstić information content (AvgIpc) is 2.82. The molecule has 2 nitrogen and oxygen atoms in total. The highest BCUT2D eigenvalue weighted by molar-refractivity contribution is 5.82. The van der Waals surface area contributed by atoms with E-state index in [2.05, 4.69) is 11.9 Å². The van der Waals surface area contributed by atoms with Gasteiger partial charge in [0, 0.05) is 13.0 Å². The first-order valence-electron chi connectivity index (χ1n) is 6.98. The Hall–Kier alpha value is -1.15. The minimum atomic E-state index is 0.321. The summed E-state index contributed by atoms with van der Waals surface area (Å²) in [6.45, 7) is 1.67. The van der Waals surface area contributed by atoms with Crippen molar-refractivity contribution in [3.63, 3.8) is 0 Å². The van der Waals surface area contributed by atoms with E-state index in [-0.39, 0.29) is 0 Å². The molecule has 1 fully saturated rings. The third-order valence-electron chi connectivity index (χ3n) is 3.74. The zero-order chi connectivity index (χ0) is 12.8. The van der Waals surface area contributed by atoms with Crippen LogP contribution in [-0.2, 0) is 11.2 Å². The van der Waals surface area contributed by atoms with Gasteiger partial charge in [0.15, 0.2) is 5.78 Å². The second-order valence-corrected chi connectivity index (χ2v) is 5.55. The van der Waals surface area contributed by atoms with E-state index in [0.29, 0.717) is 18.7 Å². The fourth-order valence-electron chi connectivity index (χ4n) is 2.88. The highest BCUT2D eigenvalue weighted by atomic mass is 16.1. The number of carbonyl (C=O) groups excluding carboxylic acids is 1. The Bertz CT molecular complexity index is 368. The highest BCUT2D eigenvalue weighted by Crippen LogP contribution is 2.25. The Balaban J connectivity index is 1.73. The van der Waals surface area contributed by atoms with Crippen molar-refractivity contribution in [2.45, 2.75) is 32.1 Å². The predicted octanol–water partition coefficient (Wildman–Crippen LogP) is 2.92. The zero-order valence-electron chi connectivity index (χ0n) is 11.3. The Morgan fingerprint density at radius 1 is 1.22 bits per heavy atom. The molecule has 98 valence electrons. The van der Waals surface area contributed by atoms with Crippen molar-refractivity contribution < 1.29 is 4.79 Å². The summed E-state index contributed by atoms with van der Waals surface area (Å²) in [6.07, 6.45) is 6.00.